The Hall–Kier alpha value is -0.480. The fourth-order valence-corrected chi connectivity index (χ4v) is 4.72. The Morgan fingerprint density at radius 1 is 1.26 bits per heavy atom. The van der Waals surface area contributed by atoms with Gasteiger partial charge < -0.3 is 9.88 Å². The molecule has 4 heteroatoms. The summed E-state index contributed by atoms with van der Waals surface area (Å²) in [6.07, 6.45) is 14.3. The van der Waals surface area contributed by atoms with Crippen LogP contribution in [0.3, 0.4) is 0 Å². The Morgan fingerprint density at radius 2 is 2.11 bits per heavy atom. The van der Waals surface area contributed by atoms with Crippen molar-refractivity contribution in [2.24, 2.45) is 0 Å². The monoisotopic (exact) mass is 279 g/mol. The van der Waals surface area contributed by atoms with Crippen LogP contribution in [0.1, 0.15) is 63.2 Å². The van der Waals surface area contributed by atoms with Crippen molar-refractivity contribution < 1.29 is 0 Å². The normalized spacial score (nSPS) is 35.7. The number of rotatable bonds is 3. The van der Waals surface area contributed by atoms with Gasteiger partial charge in [0, 0.05) is 29.6 Å². The van der Waals surface area contributed by atoms with Crippen LogP contribution in [0, 0.1) is 0 Å². The summed E-state index contributed by atoms with van der Waals surface area (Å²) < 4.78 is 2.48. The van der Waals surface area contributed by atoms with E-state index in [1.165, 1.54) is 44.2 Å². The van der Waals surface area contributed by atoms with Crippen molar-refractivity contribution in [3.05, 3.63) is 18.2 Å². The SMILES string of the molecule is CSC1CCCC1n1cncc1C1CCCC(C)N1. The maximum atomic E-state index is 4.45. The second-order valence-electron chi connectivity index (χ2n) is 6.05. The quantitative estimate of drug-likeness (QED) is 0.918. The van der Waals surface area contributed by atoms with Crippen LogP contribution < -0.4 is 5.32 Å². The summed E-state index contributed by atoms with van der Waals surface area (Å²) in [5, 5.41) is 4.52. The third kappa shape index (κ3) is 2.70. The fraction of sp³-hybridized carbons (Fsp3) is 0.800. The van der Waals surface area contributed by atoms with Gasteiger partial charge in [-0.1, -0.05) is 6.42 Å². The van der Waals surface area contributed by atoms with Crippen molar-refractivity contribution in [2.45, 2.75) is 68.8 Å². The average molecular weight is 279 g/mol. The molecule has 1 aromatic rings. The number of hydrogen-bond acceptors (Lipinski definition) is 3. The molecule has 0 bridgehead atoms. The first-order valence-corrected chi connectivity index (χ1v) is 8.89. The molecule has 2 aliphatic rings. The van der Waals surface area contributed by atoms with Gasteiger partial charge >= 0.3 is 0 Å². The lowest BCUT2D eigenvalue weighted by molar-refractivity contribution is 0.323. The van der Waals surface area contributed by atoms with Gasteiger partial charge in [0.1, 0.15) is 0 Å². The molecule has 4 atom stereocenters. The predicted octanol–water partition coefficient (Wildman–Crippen LogP) is 3.54. The maximum absolute atomic E-state index is 4.45. The summed E-state index contributed by atoms with van der Waals surface area (Å²) in [6.45, 7) is 2.30. The zero-order valence-electron chi connectivity index (χ0n) is 12.0. The number of aromatic nitrogens is 2. The number of nitrogens with one attached hydrogen (secondary N) is 1. The highest BCUT2D eigenvalue weighted by Gasteiger charge is 2.31. The minimum absolute atomic E-state index is 0.509. The second-order valence-corrected chi connectivity index (χ2v) is 7.13. The molecule has 1 saturated heterocycles. The Bertz CT molecular complexity index is 417. The van der Waals surface area contributed by atoms with Crippen LogP contribution in [0.4, 0.5) is 0 Å². The summed E-state index contributed by atoms with van der Waals surface area (Å²) in [5.41, 5.74) is 1.41. The van der Waals surface area contributed by atoms with Crippen molar-refractivity contribution >= 4 is 11.8 Å². The van der Waals surface area contributed by atoms with Crippen LogP contribution in [-0.2, 0) is 0 Å². The second kappa shape index (κ2) is 5.88. The van der Waals surface area contributed by atoms with E-state index in [1.54, 1.807) is 0 Å². The summed E-state index contributed by atoms with van der Waals surface area (Å²) >= 11 is 2.03. The van der Waals surface area contributed by atoms with Gasteiger partial charge in [-0.3, -0.25) is 0 Å². The summed E-state index contributed by atoms with van der Waals surface area (Å²) in [4.78, 5) is 4.45. The first-order valence-electron chi connectivity index (χ1n) is 7.60. The zero-order valence-corrected chi connectivity index (χ0v) is 12.8. The molecule has 106 valence electrons. The topological polar surface area (TPSA) is 29.9 Å². The molecule has 0 aromatic carbocycles. The van der Waals surface area contributed by atoms with Gasteiger partial charge in [0.15, 0.2) is 0 Å². The molecule has 0 radical (unpaired) electrons. The number of imidazole rings is 1. The lowest BCUT2D eigenvalue weighted by Gasteiger charge is -2.31. The van der Waals surface area contributed by atoms with Gasteiger partial charge in [-0.2, -0.15) is 11.8 Å². The first kappa shape index (κ1) is 13.5. The molecule has 3 nitrogen and oxygen atoms in total. The summed E-state index contributed by atoms with van der Waals surface area (Å²) in [7, 11) is 0. The van der Waals surface area contributed by atoms with E-state index in [1.807, 2.05) is 11.8 Å². The molecular formula is C15H25N3S. The van der Waals surface area contributed by atoms with E-state index in [9.17, 15) is 0 Å². The molecule has 2 fully saturated rings. The third-order valence-electron chi connectivity index (χ3n) is 4.75. The van der Waals surface area contributed by atoms with Gasteiger partial charge in [-0.25, -0.2) is 4.98 Å². The van der Waals surface area contributed by atoms with Gasteiger partial charge in [0.25, 0.3) is 0 Å². The molecule has 19 heavy (non-hydrogen) atoms. The molecule has 1 aromatic heterocycles. The standard InChI is InChI=1S/C15H25N3S/c1-11-5-3-6-12(17-11)14-9-16-10-18(14)13-7-4-8-15(13)19-2/h9-13,15,17H,3-8H2,1-2H3. The van der Waals surface area contributed by atoms with E-state index in [4.69, 9.17) is 0 Å². The van der Waals surface area contributed by atoms with E-state index >= 15 is 0 Å². The molecule has 1 aliphatic carbocycles. The maximum Gasteiger partial charge on any atom is 0.0951 e. The first-order chi connectivity index (χ1) is 9.29. The van der Waals surface area contributed by atoms with Crippen LogP contribution >= 0.6 is 11.8 Å². The Labute approximate surface area is 120 Å². The Balaban J connectivity index is 1.81. The molecule has 0 spiro atoms. The summed E-state index contributed by atoms with van der Waals surface area (Å²) in [6, 6.07) is 1.81. The summed E-state index contributed by atoms with van der Waals surface area (Å²) in [5.74, 6) is 0. The Kier molecular flexibility index (Phi) is 4.18. The molecule has 3 rings (SSSR count). The van der Waals surface area contributed by atoms with Crippen LogP contribution in [0.2, 0.25) is 0 Å². The van der Waals surface area contributed by atoms with E-state index in [0.717, 1.165) is 5.25 Å². The number of piperidine rings is 1. The van der Waals surface area contributed by atoms with Gasteiger partial charge in [0.05, 0.1) is 12.0 Å². The van der Waals surface area contributed by atoms with Gasteiger partial charge in [-0.05, 0) is 45.3 Å². The van der Waals surface area contributed by atoms with Crippen molar-refractivity contribution in [1.82, 2.24) is 14.9 Å². The van der Waals surface area contributed by atoms with Crippen LogP contribution in [0.5, 0.6) is 0 Å². The molecule has 0 amide bonds. The zero-order chi connectivity index (χ0) is 13.2. The largest absolute Gasteiger partial charge is 0.329 e. The minimum Gasteiger partial charge on any atom is -0.329 e. The van der Waals surface area contributed by atoms with E-state index in [0.29, 0.717) is 18.1 Å². The highest BCUT2D eigenvalue weighted by atomic mass is 32.2. The van der Waals surface area contributed by atoms with Crippen molar-refractivity contribution in [1.29, 1.82) is 0 Å². The van der Waals surface area contributed by atoms with Crippen molar-refractivity contribution in [3.63, 3.8) is 0 Å². The Morgan fingerprint density at radius 3 is 2.89 bits per heavy atom. The molecule has 4 unspecified atom stereocenters. The van der Waals surface area contributed by atoms with E-state index in [-0.39, 0.29) is 0 Å². The van der Waals surface area contributed by atoms with Gasteiger partial charge in [-0.15, -0.1) is 0 Å². The van der Waals surface area contributed by atoms with Gasteiger partial charge in [0.2, 0.25) is 0 Å². The van der Waals surface area contributed by atoms with Crippen molar-refractivity contribution in [2.75, 3.05) is 6.26 Å². The average Bonchev–Trinajstić information content (AvgIpc) is 3.06. The van der Waals surface area contributed by atoms with Crippen LogP contribution in [-0.4, -0.2) is 27.1 Å². The fourth-order valence-electron chi connectivity index (χ4n) is 3.73. The number of nitrogens with zero attached hydrogens (tertiary/aromatic N) is 2. The predicted molar refractivity (Wildman–Crippen MR) is 81.6 cm³/mol. The smallest absolute Gasteiger partial charge is 0.0951 e. The molecule has 2 heterocycles. The molecule has 1 aliphatic heterocycles. The molecule has 1 saturated carbocycles. The number of thioether (sulfide) groups is 1. The third-order valence-corrected chi connectivity index (χ3v) is 5.90. The van der Waals surface area contributed by atoms with Crippen LogP contribution in [0.15, 0.2) is 12.5 Å². The minimum atomic E-state index is 0.509. The lowest BCUT2D eigenvalue weighted by Crippen LogP contribution is -2.36. The highest BCUT2D eigenvalue weighted by molar-refractivity contribution is 7.99. The van der Waals surface area contributed by atoms with Crippen LogP contribution in [0.25, 0.3) is 0 Å². The van der Waals surface area contributed by atoms with E-state index < -0.39 is 0 Å². The van der Waals surface area contributed by atoms with E-state index in [2.05, 4.69) is 40.6 Å². The highest BCUT2D eigenvalue weighted by Crippen LogP contribution is 2.39. The molecule has 1 N–H and O–H groups in total. The number of hydrogen-bond donors (Lipinski definition) is 1. The van der Waals surface area contributed by atoms with Crippen molar-refractivity contribution in [3.8, 4) is 0 Å². The molecular weight excluding hydrogens is 254 g/mol. The lowest BCUT2D eigenvalue weighted by atomic mass is 9.97.